The van der Waals surface area contributed by atoms with Crippen LogP contribution in [-0.4, -0.2) is 58.3 Å². The van der Waals surface area contributed by atoms with Gasteiger partial charge in [-0.1, -0.05) is 0 Å². The monoisotopic (exact) mass is 333 g/mol. The van der Waals surface area contributed by atoms with Crippen LogP contribution >= 0.6 is 0 Å². The molecule has 4 atom stereocenters. The zero-order chi connectivity index (χ0) is 16.3. The van der Waals surface area contributed by atoms with E-state index in [0.717, 1.165) is 4.57 Å². The van der Waals surface area contributed by atoms with E-state index in [4.69, 9.17) is 4.74 Å². The molecule has 2 bridgehead atoms. The van der Waals surface area contributed by atoms with Crippen LogP contribution in [0.15, 0.2) is 15.8 Å². The SMILES string of the molecule is Cc1cn([C@@H]2O[C@@]3(CO)CS(=O)(=O)N[C@H]2C3O)c(=O)[nH]c1=O. The number of nitrogens with one attached hydrogen (secondary N) is 2. The first-order valence-corrected chi connectivity index (χ1v) is 8.13. The molecular weight excluding hydrogens is 318 g/mol. The van der Waals surface area contributed by atoms with E-state index in [-0.39, 0.29) is 5.56 Å². The first-order valence-electron chi connectivity index (χ1n) is 6.48. The third-order valence-corrected chi connectivity index (χ3v) is 5.48. The standard InChI is InChI=1S/C11H15N3O7S/c1-5-2-14(10(18)12-8(5)17)9-6-7(16)11(3-15,21-9)4-22(19,20)13-6/h2,6-7,9,13,15-16H,3-4H2,1H3,(H,12,17,18)/t6-,7?,9+,11-/m0/s1. The van der Waals surface area contributed by atoms with Gasteiger partial charge in [0, 0.05) is 11.8 Å². The molecule has 3 rings (SSSR count). The lowest BCUT2D eigenvalue weighted by molar-refractivity contribution is -0.114. The highest BCUT2D eigenvalue weighted by Crippen LogP contribution is 2.40. The summed E-state index contributed by atoms with van der Waals surface area (Å²) < 4.78 is 32.5. The Bertz CT molecular complexity index is 829. The second-order valence-corrected chi connectivity index (χ2v) is 7.31. The van der Waals surface area contributed by atoms with E-state index in [9.17, 15) is 28.2 Å². The molecule has 11 heteroatoms. The van der Waals surface area contributed by atoms with Gasteiger partial charge in [0.2, 0.25) is 10.0 Å². The summed E-state index contributed by atoms with van der Waals surface area (Å²) in [5.74, 6) is -0.623. The number of sulfonamides is 1. The topological polar surface area (TPSA) is 151 Å². The highest BCUT2D eigenvalue weighted by molar-refractivity contribution is 7.89. The lowest BCUT2D eigenvalue weighted by atomic mass is 9.97. The molecule has 2 saturated heterocycles. The van der Waals surface area contributed by atoms with Crippen LogP contribution in [0.25, 0.3) is 0 Å². The maximum Gasteiger partial charge on any atom is 0.330 e. The third-order valence-electron chi connectivity index (χ3n) is 3.98. The molecule has 0 aromatic carbocycles. The average Bonchev–Trinajstić information content (AvgIpc) is 2.61. The number of fused-ring (bicyclic) bond motifs is 2. The minimum absolute atomic E-state index is 0.222. The molecule has 1 aromatic heterocycles. The molecule has 0 saturated carbocycles. The van der Waals surface area contributed by atoms with Gasteiger partial charge in [-0.05, 0) is 6.92 Å². The van der Waals surface area contributed by atoms with Crippen molar-refractivity contribution in [2.24, 2.45) is 0 Å². The molecule has 3 heterocycles. The third kappa shape index (κ3) is 2.13. The van der Waals surface area contributed by atoms with Crippen LogP contribution in [0.3, 0.4) is 0 Å². The number of aliphatic hydroxyl groups is 2. The normalized spacial score (nSPS) is 36.4. The van der Waals surface area contributed by atoms with Crippen molar-refractivity contribution in [3.8, 4) is 0 Å². The molecular formula is C11H15N3O7S. The summed E-state index contributed by atoms with van der Waals surface area (Å²) in [5, 5.41) is 19.7. The van der Waals surface area contributed by atoms with Gasteiger partial charge >= 0.3 is 5.69 Å². The van der Waals surface area contributed by atoms with E-state index < -0.39 is 57.6 Å². The van der Waals surface area contributed by atoms with E-state index >= 15 is 0 Å². The quantitative estimate of drug-likeness (QED) is 0.444. The summed E-state index contributed by atoms with van der Waals surface area (Å²) in [6.07, 6.45) is -1.29. The summed E-state index contributed by atoms with van der Waals surface area (Å²) in [5.41, 5.74) is -2.85. The Hall–Kier alpha value is -1.53. The highest BCUT2D eigenvalue weighted by atomic mass is 32.2. The summed E-state index contributed by atoms with van der Waals surface area (Å²) >= 11 is 0. The molecule has 22 heavy (non-hydrogen) atoms. The Balaban J connectivity index is 2.13. The van der Waals surface area contributed by atoms with Crippen LogP contribution in [0.1, 0.15) is 11.8 Å². The van der Waals surface area contributed by atoms with Crippen LogP contribution < -0.4 is 16.0 Å². The first kappa shape index (κ1) is 15.4. The Morgan fingerprint density at radius 1 is 1.50 bits per heavy atom. The number of hydrogen-bond acceptors (Lipinski definition) is 7. The maximum absolute atomic E-state index is 11.9. The van der Waals surface area contributed by atoms with E-state index in [1.807, 2.05) is 0 Å². The smallest absolute Gasteiger partial charge is 0.330 e. The van der Waals surface area contributed by atoms with Crippen LogP contribution in [-0.2, 0) is 14.8 Å². The largest absolute Gasteiger partial charge is 0.393 e. The van der Waals surface area contributed by atoms with Gasteiger partial charge in [0.15, 0.2) is 6.23 Å². The number of aromatic nitrogens is 2. The molecule has 0 spiro atoms. The number of ether oxygens (including phenoxy) is 1. The molecule has 4 N–H and O–H groups in total. The molecule has 122 valence electrons. The fourth-order valence-corrected chi connectivity index (χ4v) is 4.58. The summed E-state index contributed by atoms with van der Waals surface area (Å²) in [4.78, 5) is 25.4. The molecule has 2 fully saturated rings. The van der Waals surface area contributed by atoms with Gasteiger partial charge in [0.05, 0.1) is 18.4 Å². The van der Waals surface area contributed by atoms with Crippen molar-refractivity contribution in [3.05, 3.63) is 32.6 Å². The minimum Gasteiger partial charge on any atom is -0.393 e. The van der Waals surface area contributed by atoms with Gasteiger partial charge in [-0.25, -0.2) is 17.9 Å². The molecule has 0 amide bonds. The molecule has 1 aromatic rings. The number of rotatable bonds is 2. The van der Waals surface area contributed by atoms with Crippen LogP contribution in [0.5, 0.6) is 0 Å². The van der Waals surface area contributed by atoms with Crippen molar-refractivity contribution in [2.75, 3.05) is 12.4 Å². The lowest BCUT2D eigenvalue weighted by Gasteiger charge is -2.33. The molecule has 2 aliphatic heterocycles. The molecule has 0 aliphatic carbocycles. The van der Waals surface area contributed by atoms with E-state index in [0.29, 0.717) is 0 Å². The highest BCUT2D eigenvalue weighted by Gasteiger charge is 2.61. The minimum atomic E-state index is -3.78. The Morgan fingerprint density at radius 3 is 2.82 bits per heavy atom. The Morgan fingerprint density at radius 2 is 2.18 bits per heavy atom. The van der Waals surface area contributed by atoms with Gasteiger partial charge in [-0.3, -0.25) is 14.3 Å². The number of hydrogen-bond donors (Lipinski definition) is 4. The van der Waals surface area contributed by atoms with Gasteiger partial charge in [0.25, 0.3) is 5.56 Å². The first-order chi connectivity index (χ1) is 10.2. The van der Waals surface area contributed by atoms with Crippen molar-refractivity contribution in [2.45, 2.75) is 30.9 Å². The molecule has 10 nitrogen and oxygen atoms in total. The van der Waals surface area contributed by atoms with E-state index in [1.54, 1.807) is 0 Å². The number of nitrogens with zero attached hydrogens (tertiary/aromatic N) is 1. The number of aryl methyl sites for hydroxylation is 1. The molecule has 0 radical (unpaired) electrons. The van der Waals surface area contributed by atoms with Crippen LogP contribution in [0.2, 0.25) is 0 Å². The lowest BCUT2D eigenvalue weighted by Crippen LogP contribution is -2.61. The Kier molecular flexibility index (Phi) is 3.30. The van der Waals surface area contributed by atoms with Crippen molar-refractivity contribution in [1.82, 2.24) is 14.3 Å². The molecule has 2 aliphatic rings. The van der Waals surface area contributed by atoms with Gasteiger partial charge in [-0.15, -0.1) is 0 Å². The maximum atomic E-state index is 11.9. The van der Waals surface area contributed by atoms with E-state index in [1.165, 1.54) is 13.1 Å². The summed E-state index contributed by atoms with van der Waals surface area (Å²) in [7, 11) is -3.78. The van der Waals surface area contributed by atoms with Gasteiger partial charge in [0.1, 0.15) is 11.7 Å². The second kappa shape index (κ2) is 4.73. The zero-order valence-electron chi connectivity index (χ0n) is 11.5. The fraction of sp³-hybridized carbons (Fsp3) is 0.636. The number of H-pyrrole nitrogens is 1. The predicted molar refractivity (Wildman–Crippen MR) is 72.7 cm³/mol. The Labute approximate surface area is 124 Å². The van der Waals surface area contributed by atoms with Gasteiger partial charge < -0.3 is 14.9 Å². The number of aliphatic hydroxyl groups excluding tert-OH is 2. The second-order valence-electron chi connectivity index (χ2n) is 5.56. The summed E-state index contributed by atoms with van der Waals surface area (Å²) in [6.45, 7) is 0.747. The van der Waals surface area contributed by atoms with Crippen molar-refractivity contribution < 1.29 is 23.4 Å². The van der Waals surface area contributed by atoms with Gasteiger partial charge in [-0.2, -0.15) is 0 Å². The van der Waals surface area contributed by atoms with E-state index in [2.05, 4.69) is 9.71 Å². The fourth-order valence-electron chi connectivity index (χ4n) is 2.86. The van der Waals surface area contributed by atoms with Crippen molar-refractivity contribution in [3.63, 3.8) is 0 Å². The average molecular weight is 333 g/mol. The number of aromatic amines is 1. The van der Waals surface area contributed by atoms with Crippen LogP contribution in [0, 0.1) is 6.92 Å². The summed E-state index contributed by atoms with van der Waals surface area (Å²) in [6, 6.07) is -1.14. The van der Waals surface area contributed by atoms with Crippen molar-refractivity contribution in [1.29, 1.82) is 0 Å². The predicted octanol–water partition coefficient (Wildman–Crippen LogP) is -3.23. The zero-order valence-corrected chi connectivity index (χ0v) is 12.3. The molecule has 1 unspecified atom stereocenters. The van der Waals surface area contributed by atoms with Crippen molar-refractivity contribution >= 4 is 10.0 Å². The van der Waals surface area contributed by atoms with Crippen LogP contribution in [0.4, 0.5) is 0 Å².